The average Bonchev–Trinajstić information content (AvgIpc) is 3.06. The number of rotatable bonds is 2. The highest BCUT2D eigenvalue weighted by Gasteiger charge is 2.40. The third-order valence-electron chi connectivity index (χ3n) is 6.96. The lowest BCUT2D eigenvalue weighted by atomic mass is 9.83. The molecule has 5 nitrogen and oxygen atoms in total. The third-order valence-corrected chi connectivity index (χ3v) is 7.29. The number of piperidine rings is 3. The van der Waals surface area contributed by atoms with E-state index in [0.29, 0.717) is 23.5 Å². The highest BCUT2D eigenvalue weighted by atomic mass is 35.5. The van der Waals surface area contributed by atoms with E-state index in [9.17, 15) is 4.79 Å². The van der Waals surface area contributed by atoms with Crippen LogP contribution in [0.2, 0.25) is 5.02 Å². The van der Waals surface area contributed by atoms with Crippen LogP contribution < -0.4 is 0 Å². The van der Waals surface area contributed by atoms with Crippen molar-refractivity contribution in [2.75, 3.05) is 26.2 Å². The normalized spacial score (nSPS) is 26.2. The molecule has 4 aliphatic heterocycles. The number of carbonyl (C=O) groups excluding carboxylic acids is 1. The van der Waals surface area contributed by atoms with Gasteiger partial charge < -0.3 is 14.4 Å². The van der Waals surface area contributed by atoms with Crippen molar-refractivity contribution in [1.29, 1.82) is 0 Å². The Balaban J connectivity index is 1.47. The maximum Gasteiger partial charge on any atom is 0.256 e. The topological polar surface area (TPSA) is 41.4 Å². The number of hydrogen-bond donors (Lipinski definition) is 0. The van der Waals surface area contributed by atoms with Gasteiger partial charge in [-0.05, 0) is 56.1 Å². The fourth-order valence-electron chi connectivity index (χ4n) is 5.49. The number of para-hydroxylation sites is 1. The average molecular weight is 407 g/mol. The van der Waals surface area contributed by atoms with Crippen molar-refractivity contribution < 1.29 is 4.79 Å². The lowest BCUT2D eigenvalue weighted by molar-refractivity contribution is 0.00728. The van der Waals surface area contributed by atoms with Gasteiger partial charge in [0.05, 0.1) is 21.6 Å². The molecule has 2 bridgehead atoms. The molecule has 6 heteroatoms. The molecule has 29 heavy (non-hydrogen) atoms. The van der Waals surface area contributed by atoms with Crippen LogP contribution in [-0.4, -0.2) is 57.5 Å². The van der Waals surface area contributed by atoms with Crippen LogP contribution in [0.4, 0.5) is 0 Å². The van der Waals surface area contributed by atoms with E-state index < -0.39 is 0 Å². The lowest BCUT2D eigenvalue weighted by Gasteiger charge is -2.48. The molecule has 2 aromatic carbocycles. The van der Waals surface area contributed by atoms with Gasteiger partial charge in [0.15, 0.2) is 0 Å². The highest BCUT2D eigenvalue weighted by Crippen LogP contribution is 2.36. The minimum Gasteiger partial charge on any atom is -0.332 e. The number of fused-ring (bicyclic) bond motifs is 3. The minimum absolute atomic E-state index is 0.152. The molecule has 5 heterocycles. The van der Waals surface area contributed by atoms with Crippen LogP contribution in [0.1, 0.15) is 23.2 Å². The summed E-state index contributed by atoms with van der Waals surface area (Å²) in [5, 5.41) is 0.686. The maximum atomic E-state index is 13.7. The van der Waals surface area contributed by atoms with Crippen molar-refractivity contribution in [2.24, 2.45) is 5.92 Å². The van der Waals surface area contributed by atoms with Crippen LogP contribution in [-0.2, 0) is 6.54 Å². The van der Waals surface area contributed by atoms with Crippen LogP contribution in [0, 0.1) is 5.92 Å². The molecule has 1 amide bonds. The second-order valence-electron chi connectivity index (χ2n) is 8.44. The fourth-order valence-corrected chi connectivity index (χ4v) is 5.71. The van der Waals surface area contributed by atoms with E-state index in [1.165, 1.54) is 25.9 Å². The molecule has 3 saturated heterocycles. The van der Waals surface area contributed by atoms with Gasteiger partial charge in [0.25, 0.3) is 5.91 Å². The smallest absolute Gasteiger partial charge is 0.256 e. The largest absolute Gasteiger partial charge is 0.332 e. The molecule has 0 N–H and O–H groups in total. The number of amides is 1. The summed E-state index contributed by atoms with van der Waals surface area (Å²) in [5.74, 6) is 1.63. The van der Waals surface area contributed by atoms with Crippen molar-refractivity contribution in [1.82, 2.24) is 19.4 Å². The number of carbonyl (C=O) groups is 1. The molecule has 1 atom stereocenters. The van der Waals surface area contributed by atoms with E-state index in [-0.39, 0.29) is 5.91 Å². The third kappa shape index (κ3) is 2.64. The summed E-state index contributed by atoms with van der Waals surface area (Å²) in [6.45, 7) is 4.82. The lowest BCUT2D eigenvalue weighted by Crippen LogP contribution is -2.58. The number of benzene rings is 2. The molecule has 0 saturated carbocycles. The molecule has 1 aromatic heterocycles. The first-order chi connectivity index (χ1) is 14.2. The highest BCUT2D eigenvalue weighted by molar-refractivity contribution is 6.33. The number of imidazole rings is 1. The second kappa shape index (κ2) is 6.57. The van der Waals surface area contributed by atoms with Gasteiger partial charge >= 0.3 is 0 Å². The molecule has 1 unspecified atom stereocenters. The van der Waals surface area contributed by atoms with Crippen LogP contribution in [0.3, 0.4) is 0 Å². The number of nitrogens with zero attached hydrogens (tertiary/aromatic N) is 4. The SMILES string of the molecule is O=C1c2cccc3nc(-c4ccccc4Cl)n(c23)CCN1C1CN2CCC1CC2. The Morgan fingerprint density at radius 3 is 2.48 bits per heavy atom. The van der Waals surface area contributed by atoms with Crippen LogP contribution >= 0.6 is 11.6 Å². The van der Waals surface area contributed by atoms with Crippen LogP contribution in [0.5, 0.6) is 0 Å². The Bertz CT molecular complexity index is 1120. The van der Waals surface area contributed by atoms with Gasteiger partial charge in [0.2, 0.25) is 0 Å². The van der Waals surface area contributed by atoms with E-state index >= 15 is 0 Å². The molecule has 4 aliphatic rings. The van der Waals surface area contributed by atoms with Crippen molar-refractivity contribution >= 4 is 28.5 Å². The van der Waals surface area contributed by atoms with E-state index in [1.807, 2.05) is 42.5 Å². The summed E-state index contributed by atoms with van der Waals surface area (Å²) in [4.78, 5) is 23.2. The van der Waals surface area contributed by atoms with Crippen molar-refractivity contribution in [3.63, 3.8) is 0 Å². The Kier molecular flexibility index (Phi) is 3.96. The molecule has 0 spiro atoms. The quantitative estimate of drug-likeness (QED) is 0.648. The van der Waals surface area contributed by atoms with Crippen LogP contribution in [0.25, 0.3) is 22.4 Å². The van der Waals surface area contributed by atoms with Gasteiger partial charge in [-0.3, -0.25) is 4.79 Å². The zero-order valence-electron chi connectivity index (χ0n) is 16.2. The van der Waals surface area contributed by atoms with Gasteiger partial charge in [-0.2, -0.15) is 0 Å². The Morgan fingerprint density at radius 1 is 0.931 bits per heavy atom. The minimum atomic E-state index is 0.152. The zero-order chi connectivity index (χ0) is 19.5. The molecule has 3 fully saturated rings. The van der Waals surface area contributed by atoms with Crippen LogP contribution in [0.15, 0.2) is 42.5 Å². The molecule has 7 rings (SSSR count). The number of hydrogen-bond acceptors (Lipinski definition) is 3. The van der Waals surface area contributed by atoms with Crippen molar-refractivity contribution in [3.8, 4) is 11.4 Å². The number of aromatic nitrogens is 2. The summed E-state index contributed by atoms with van der Waals surface area (Å²) >= 11 is 6.50. The first kappa shape index (κ1) is 17.5. The van der Waals surface area contributed by atoms with Gasteiger partial charge in [-0.25, -0.2) is 4.98 Å². The Morgan fingerprint density at radius 2 is 1.72 bits per heavy atom. The molecule has 0 radical (unpaired) electrons. The second-order valence-corrected chi connectivity index (χ2v) is 8.85. The molecule has 0 aliphatic carbocycles. The van der Waals surface area contributed by atoms with E-state index in [0.717, 1.165) is 41.1 Å². The summed E-state index contributed by atoms with van der Waals surface area (Å²) in [5.41, 5.74) is 3.49. The summed E-state index contributed by atoms with van der Waals surface area (Å²) in [6, 6.07) is 14.0. The van der Waals surface area contributed by atoms with E-state index in [1.54, 1.807) is 0 Å². The maximum absolute atomic E-state index is 13.7. The van der Waals surface area contributed by atoms with Gasteiger partial charge in [-0.1, -0.05) is 29.8 Å². The van der Waals surface area contributed by atoms with Crippen molar-refractivity contribution in [2.45, 2.75) is 25.4 Å². The van der Waals surface area contributed by atoms with Crippen molar-refractivity contribution in [3.05, 3.63) is 53.1 Å². The van der Waals surface area contributed by atoms with E-state index in [4.69, 9.17) is 16.6 Å². The van der Waals surface area contributed by atoms with Gasteiger partial charge in [-0.15, -0.1) is 0 Å². The number of halogens is 1. The Hall–Kier alpha value is -2.37. The molecular weight excluding hydrogens is 384 g/mol. The van der Waals surface area contributed by atoms with Gasteiger partial charge in [0, 0.05) is 31.2 Å². The monoisotopic (exact) mass is 406 g/mol. The predicted octanol–water partition coefficient (Wildman–Crippen LogP) is 3.91. The zero-order valence-corrected chi connectivity index (χ0v) is 17.0. The first-order valence-corrected chi connectivity index (χ1v) is 10.9. The molecular formula is C23H23ClN4O. The fraction of sp³-hybridized carbons (Fsp3) is 0.391. The molecule has 3 aromatic rings. The molecule has 148 valence electrons. The first-order valence-electron chi connectivity index (χ1n) is 10.5. The predicted molar refractivity (Wildman–Crippen MR) is 114 cm³/mol. The van der Waals surface area contributed by atoms with E-state index in [2.05, 4.69) is 14.4 Å². The Labute approximate surface area is 174 Å². The summed E-state index contributed by atoms with van der Waals surface area (Å²) in [7, 11) is 0. The summed E-state index contributed by atoms with van der Waals surface area (Å²) < 4.78 is 2.20. The standard InChI is InChI=1S/C23H23ClN4O/c24-18-6-2-1-4-16(18)22-25-19-7-3-5-17-21(19)28(22)13-12-27(23(17)29)20-14-26-10-8-15(20)9-11-26/h1-7,15,20H,8-14H2. The summed E-state index contributed by atoms with van der Waals surface area (Å²) in [6.07, 6.45) is 2.41. The van der Waals surface area contributed by atoms with Gasteiger partial charge in [0.1, 0.15) is 5.82 Å².